The van der Waals surface area contributed by atoms with Gasteiger partial charge in [0.2, 0.25) is 5.91 Å². The quantitative estimate of drug-likeness (QED) is 0.0199. The maximum absolute atomic E-state index is 13.5. The van der Waals surface area contributed by atoms with Crippen molar-refractivity contribution in [3.05, 3.63) is 134 Å². The van der Waals surface area contributed by atoms with Crippen molar-refractivity contribution in [2.24, 2.45) is 0 Å². The number of rotatable bonds is 70. The van der Waals surface area contributed by atoms with Crippen LogP contribution >= 0.6 is 0 Å². The van der Waals surface area contributed by atoms with E-state index in [1.54, 1.807) is 6.08 Å². The molecule has 1 amide bonds. The molecule has 3 rings (SSSR count). The van der Waals surface area contributed by atoms with Gasteiger partial charge in [-0.2, -0.15) is 0 Å². The highest BCUT2D eigenvalue weighted by Gasteiger charge is 2.54. The first-order valence-electron chi connectivity index (χ1n) is 44.4. The summed E-state index contributed by atoms with van der Waals surface area (Å²) >= 11 is 0. The first-order chi connectivity index (χ1) is 54.8. The summed E-state index contributed by atoms with van der Waals surface area (Å²) in [5, 5.41) is 121. The highest BCUT2D eigenvalue weighted by molar-refractivity contribution is 5.76. The van der Waals surface area contributed by atoms with Gasteiger partial charge in [0.15, 0.2) is 18.9 Å². The molecule has 644 valence electrons. The Bertz CT molecular complexity index is 2540. The van der Waals surface area contributed by atoms with Crippen LogP contribution in [-0.2, 0) is 33.2 Å². The van der Waals surface area contributed by atoms with E-state index in [9.17, 15) is 61.0 Å². The monoisotopic (exact) mass is 1580 g/mol. The van der Waals surface area contributed by atoms with Crippen molar-refractivity contribution in [2.45, 2.75) is 420 Å². The number of hydrogen-bond acceptors (Lipinski definition) is 18. The van der Waals surface area contributed by atoms with Crippen molar-refractivity contribution in [1.29, 1.82) is 0 Å². The molecule has 12 N–H and O–H groups in total. The number of carbonyl (C=O) groups excluding carboxylic acids is 1. The van der Waals surface area contributed by atoms with Gasteiger partial charge in [-0.1, -0.05) is 334 Å². The van der Waals surface area contributed by atoms with Gasteiger partial charge < -0.3 is 89.9 Å². The molecule has 19 nitrogen and oxygen atoms in total. The zero-order valence-electron chi connectivity index (χ0n) is 69.4. The van der Waals surface area contributed by atoms with Crippen LogP contribution in [0.1, 0.15) is 316 Å². The average molecular weight is 1580 g/mol. The Morgan fingerprint density at radius 3 is 1.00 bits per heavy atom. The molecule has 3 heterocycles. The summed E-state index contributed by atoms with van der Waals surface area (Å²) in [7, 11) is 0. The van der Waals surface area contributed by atoms with Crippen LogP contribution in [0, 0.1) is 0 Å². The third kappa shape index (κ3) is 49.2. The maximum Gasteiger partial charge on any atom is 0.220 e. The van der Waals surface area contributed by atoms with E-state index >= 15 is 0 Å². The van der Waals surface area contributed by atoms with E-state index in [-0.39, 0.29) is 18.9 Å². The van der Waals surface area contributed by atoms with Gasteiger partial charge in [0.25, 0.3) is 0 Å². The van der Waals surface area contributed by atoms with Crippen LogP contribution in [0.3, 0.4) is 0 Å². The van der Waals surface area contributed by atoms with Crippen LogP contribution in [0.5, 0.6) is 0 Å². The summed E-state index contributed by atoms with van der Waals surface area (Å²) in [6.45, 7) is 1.62. The topological polar surface area (TPSA) is 307 Å². The van der Waals surface area contributed by atoms with Crippen LogP contribution in [-0.4, -0.2) is 193 Å². The van der Waals surface area contributed by atoms with E-state index in [0.29, 0.717) is 12.8 Å². The summed E-state index contributed by atoms with van der Waals surface area (Å²) in [6.07, 6.45) is 75.9. The Hall–Kier alpha value is -4.07. The number of allylic oxidation sites excluding steroid dienone is 21. The lowest BCUT2D eigenvalue weighted by molar-refractivity contribution is -0.379. The maximum atomic E-state index is 13.5. The predicted molar refractivity (Wildman–Crippen MR) is 452 cm³/mol. The smallest absolute Gasteiger partial charge is 0.220 e. The second kappa shape index (κ2) is 71.1. The number of unbranched alkanes of at least 4 members (excludes halogenated alkanes) is 34. The Kier molecular flexibility index (Phi) is 64.8. The van der Waals surface area contributed by atoms with Crippen LogP contribution in [0.25, 0.3) is 0 Å². The number of aliphatic hydroxyl groups is 11. The van der Waals surface area contributed by atoms with Gasteiger partial charge in [-0.3, -0.25) is 4.79 Å². The zero-order valence-corrected chi connectivity index (χ0v) is 69.4. The molecule has 17 unspecified atom stereocenters. The zero-order chi connectivity index (χ0) is 81.0. The first-order valence-corrected chi connectivity index (χ1v) is 44.4. The van der Waals surface area contributed by atoms with E-state index in [1.165, 1.54) is 173 Å². The van der Waals surface area contributed by atoms with Crippen molar-refractivity contribution in [3.8, 4) is 0 Å². The lowest BCUT2D eigenvalue weighted by Crippen LogP contribution is -2.66. The minimum atomic E-state index is -1.99. The van der Waals surface area contributed by atoms with Gasteiger partial charge >= 0.3 is 0 Å². The van der Waals surface area contributed by atoms with Gasteiger partial charge in [0.1, 0.15) is 73.2 Å². The van der Waals surface area contributed by atoms with Crippen LogP contribution in [0.2, 0.25) is 0 Å². The minimum absolute atomic E-state index is 0.226. The van der Waals surface area contributed by atoms with Gasteiger partial charge in [0.05, 0.1) is 38.6 Å². The Labute approximate surface area is 677 Å². The van der Waals surface area contributed by atoms with Gasteiger partial charge in [-0.15, -0.1) is 0 Å². The molecule has 0 aliphatic carbocycles. The van der Waals surface area contributed by atoms with Gasteiger partial charge in [0, 0.05) is 6.42 Å². The van der Waals surface area contributed by atoms with E-state index in [4.69, 9.17) is 28.4 Å². The SMILES string of the molecule is CC/C=C\C/C=C\C/C=C\C/C=C\C/C=C\C/C=C\C/C=C\C/C=C\CCCCCCCCCCCCCCCCCCC(=O)NC(COC1OC(CO)C(OC2OC(CO)C(OC3OC(CO)C(O)C(O)C3O)C(O)C2O)C(O)C1O)C(O)/C=C/CC/C=C/CC/C=C/CCCCCCCCCCCCCCCCCC. The summed E-state index contributed by atoms with van der Waals surface area (Å²) in [5.41, 5.74) is 0. The summed E-state index contributed by atoms with van der Waals surface area (Å²) in [6, 6.07) is -1.01. The lowest BCUT2D eigenvalue weighted by Gasteiger charge is -2.48. The molecule has 3 saturated heterocycles. The number of nitrogens with one attached hydrogen (secondary N) is 1. The van der Waals surface area contributed by atoms with Gasteiger partial charge in [-0.25, -0.2) is 0 Å². The predicted octanol–water partition coefficient (Wildman–Crippen LogP) is 16.8. The number of hydrogen-bond donors (Lipinski definition) is 12. The van der Waals surface area contributed by atoms with Gasteiger partial charge in [-0.05, 0) is 109 Å². The molecule has 0 bridgehead atoms. The third-order valence-corrected chi connectivity index (χ3v) is 21.2. The van der Waals surface area contributed by atoms with Crippen molar-refractivity contribution < 1.29 is 89.4 Å². The molecule has 0 saturated carbocycles. The number of amides is 1. The first kappa shape index (κ1) is 102. The van der Waals surface area contributed by atoms with Crippen LogP contribution < -0.4 is 5.32 Å². The Morgan fingerprint density at radius 2 is 0.625 bits per heavy atom. The molecule has 0 aromatic heterocycles. The molecule has 3 aliphatic rings. The minimum Gasteiger partial charge on any atom is -0.394 e. The molecular formula is C93H159NO18. The Balaban J connectivity index is 1.33. The fourth-order valence-electron chi connectivity index (χ4n) is 14.1. The molecule has 0 aromatic rings. The highest BCUT2D eigenvalue weighted by Crippen LogP contribution is 2.33. The fourth-order valence-corrected chi connectivity index (χ4v) is 14.1. The van der Waals surface area contributed by atoms with Crippen molar-refractivity contribution >= 4 is 5.91 Å². The summed E-state index contributed by atoms with van der Waals surface area (Å²) < 4.78 is 34.5. The fraction of sp³-hybridized carbons (Fsp3) is 0.753. The van der Waals surface area contributed by atoms with E-state index < -0.39 is 124 Å². The van der Waals surface area contributed by atoms with Crippen LogP contribution in [0.4, 0.5) is 0 Å². The molecule has 3 fully saturated rings. The number of ether oxygens (including phenoxy) is 6. The summed E-state index contributed by atoms with van der Waals surface area (Å²) in [4.78, 5) is 13.5. The summed E-state index contributed by atoms with van der Waals surface area (Å²) in [5.74, 6) is -0.290. The largest absolute Gasteiger partial charge is 0.394 e. The Morgan fingerprint density at radius 1 is 0.330 bits per heavy atom. The molecular weight excluding hydrogens is 1420 g/mol. The molecule has 0 spiro atoms. The molecule has 0 aromatic carbocycles. The lowest BCUT2D eigenvalue weighted by atomic mass is 9.96. The van der Waals surface area contributed by atoms with Crippen molar-refractivity contribution in [3.63, 3.8) is 0 Å². The standard InChI is InChI=1S/C93H159NO18/c1-3-5-7-9-11-13-15-17-19-21-23-25-27-29-31-32-33-34-35-36-37-38-39-40-41-42-43-44-45-47-49-51-53-55-57-59-61-63-65-67-69-71-81(99)94-76(77(98)70-68-66-64-62-60-58-56-54-52-50-48-46-30-28-26-24-22-20-18-16-14-12-10-8-6-4-2)75-107-91-87(105)84(102)89(79(73-96)109-91)112-93-88(106)85(103)90(80(74-97)110-93)111-92-86(104)83(101)82(100)78(72-95)108-92/h5,7,11,13,17,19,23,25,29,31,33-34,36-37,39-40,52,54,60,62,68,70,76-80,82-93,95-98,100-106H,3-4,6,8-10,12,14-16,18,20-22,24,26-28,30,32,35,38,41-51,53,55-59,61,63-67,69,71-75H2,1-2H3,(H,94,99)/b7-5-,13-11-,19-17-,25-23-,31-29-,34-33-,37-36-,40-39-,54-52+,62-60+,70-68+. The molecule has 17 atom stereocenters. The van der Waals surface area contributed by atoms with E-state index in [2.05, 4.69) is 141 Å². The van der Waals surface area contributed by atoms with E-state index in [0.717, 1.165) is 109 Å². The van der Waals surface area contributed by atoms with Crippen LogP contribution in [0.15, 0.2) is 134 Å². The molecule has 0 radical (unpaired) electrons. The van der Waals surface area contributed by atoms with Crippen molar-refractivity contribution in [2.75, 3.05) is 26.4 Å². The normalized spacial score (nSPS) is 25.6. The van der Waals surface area contributed by atoms with Crippen molar-refractivity contribution in [1.82, 2.24) is 5.32 Å². The number of carbonyl (C=O) groups is 1. The second-order valence-corrected chi connectivity index (χ2v) is 31.0. The van der Waals surface area contributed by atoms with E-state index in [1.807, 2.05) is 6.08 Å². The molecule has 112 heavy (non-hydrogen) atoms. The molecule has 19 heteroatoms. The molecule has 3 aliphatic heterocycles. The average Bonchev–Trinajstić information content (AvgIpc) is 0.781. The third-order valence-electron chi connectivity index (χ3n) is 21.2. The highest BCUT2D eigenvalue weighted by atomic mass is 16.8. The number of aliphatic hydroxyl groups excluding tert-OH is 11. The second-order valence-electron chi connectivity index (χ2n) is 31.0.